The van der Waals surface area contributed by atoms with Crippen molar-refractivity contribution in [3.63, 3.8) is 0 Å². The lowest BCUT2D eigenvalue weighted by atomic mass is 10.1. The summed E-state index contributed by atoms with van der Waals surface area (Å²) < 4.78 is 1.85. The third-order valence-electron chi connectivity index (χ3n) is 4.69. The molecule has 0 unspecified atom stereocenters. The normalized spacial score (nSPS) is 10.6. The number of rotatable bonds is 5. The fourth-order valence-electron chi connectivity index (χ4n) is 3.09. The maximum absolute atomic E-state index is 12.8. The second-order valence-electron chi connectivity index (χ2n) is 6.80. The number of carbonyl (C=O) groups is 2. The quantitative estimate of drug-likeness (QED) is 0.716. The Morgan fingerprint density at radius 3 is 2.18 bits per heavy atom. The number of aryl methyl sites for hydroxylation is 2. The van der Waals surface area contributed by atoms with Crippen LogP contribution in [0.25, 0.3) is 0 Å². The highest BCUT2D eigenvalue weighted by Gasteiger charge is 2.19. The molecule has 6 nitrogen and oxygen atoms in total. The number of aromatic nitrogens is 2. The maximum atomic E-state index is 12.8. The van der Waals surface area contributed by atoms with Gasteiger partial charge in [0.05, 0.1) is 17.8 Å². The molecule has 0 saturated heterocycles. The van der Waals surface area contributed by atoms with Crippen LogP contribution in [-0.2, 0) is 6.54 Å². The Labute approximate surface area is 164 Å². The Morgan fingerprint density at radius 1 is 0.929 bits per heavy atom. The van der Waals surface area contributed by atoms with Crippen molar-refractivity contribution in [1.29, 1.82) is 0 Å². The molecule has 0 aliphatic carbocycles. The molecule has 28 heavy (non-hydrogen) atoms. The average molecular weight is 376 g/mol. The molecule has 6 heteroatoms. The Hall–Kier alpha value is -3.41. The van der Waals surface area contributed by atoms with Gasteiger partial charge in [0, 0.05) is 24.0 Å². The van der Waals surface area contributed by atoms with Gasteiger partial charge in [-0.2, -0.15) is 5.10 Å². The van der Waals surface area contributed by atoms with Crippen LogP contribution in [0.2, 0.25) is 0 Å². The van der Waals surface area contributed by atoms with Gasteiger partial charge in [-0.15, -0.1) is 0 Å². The molecule has 1 aromatic heterocycles. The molecule has 144 valence electrons. The summed E-state index contributed by atoms with van der Waals surface area (Å²) in [4.78, 5) is 24.4. The van der Waals surface area contributed by atoms with E-state index in [0.29, 0.717) is 29.1 Å². The van der Waals surface area contributed by atoms with Crippen molar-refractivity contribution < 1.29 is 9.59 Å². The van der Waals surface area contributed by atoms with E-state index in [1.807, 2.05) is 18.5 Å². The molecule has 0 aliphatic heterocycles. The van der Waals surface area contributed by atoms with Crippen molar-refractivity contribution in [2.75, 3.05) is 12.4 Å². The van der Waals surface area contributed by atoms with Crippen molar-refractivity contribution in [3.05, 3.63) is 82.2 Å². The van der Waals surface area contributed by atoms with E-state index in [-0.39, 0.29) is 11.8 Å². The molecule has 0 saturated carbocycles. The molecule has 0 spiro atoms. The molecule has 3 rings (SSSR count). The van der Waals surface area contributed by atoms with Gasteiger partial charge >= 0.3 is 0 Å². The van der Waals surface area contributed by atoms with Crippen LogP contribution in [0.4, 0.5) is 5.69 Å². The molecule has 2 amide bonds. The van der Waals surface area contributed by atoms with E-state index in [2.05, 4.69) is 46.9 Å². The number of carbonyl (C=O) groups excluding carboxylic acids is 2. The monoisotopic (exact) mass is 376 g/mol. The number of hydrogen-bond donors (Lipinski definition) is 2. The molecular weight excluding hydrogens is 352 g/mol. The van der Waals surface area contributed by atoms with Crippen LogP contribution in [-0.4, -0.2) is 28.6 Å². The van der Waals surface area contributed by atoms with Gasteiger partial charge in [0.25, 0.3) is 11.8 Å². The molecule has 2 N–H and O–H groups in total. The maximum Gasteiger partial charge on any atom is 0.259 e. The third-order valence-corrected chi connectivity index (χ3v) is 4.69. The Morgan fingerprint density at radius 2 is 1.57 bits per heavy atom. The summed E-state index contributed by atoms with van der Waals surface area (Å²) in [6, 6.07) is 15.0. The summed E-state index contributed by atoms with van der Waals surface area (Å²) in [5, 5.41) is 10.00. The fraction of sp³-hybridized carbons (Fsp3) is 0.227. The standard InChI is InChI=1S/C22H24N4O2/c1-14-5-7-17(8-6-14)13-26-16(3)20(15(2)25-26)22(28)24-19-11-9-18(10-12-19)21(27)23-4/h5-12H,13H2,1-4H3,(H,23,27)(H,24,28). The lowest BCUT2D eigenvalue weighted by Crippen LogP contribution is -2.18. The van der Waals surface area contributed by atoms with Gasteiger partial charge in [0.2, 0.25) is 0 Å². The van der Waals surface area contributed by atoms with Crippen LogP contribution in [0.3, 0.4) is 0 Å². The predicted molar refractivity (Wildman–Crippen MR) is 110 cm³/mol. The van der Waals surface area contributed by atoms with Crippen molar-refractivity contribution in [3.8, 4) is 0 Å². The molecule has 0 atom stereocenters. The van der Waals surface area contributed by atoms with Crippen LogP contribution in [0.15, 0.2) is 48.5 Å². The minimum atomic E-state index is -0.210. The van der Waals surface area contributed by atoms with Crippen molar-refractivity contribution >= 4 is 17.5 Å². The summed E-state index contributed by atoms with van der Waals surface area (Å²) in [5.74, 6) is -0.375. The zero-order valence-corrected chi connectivity index (χ0v) is 16.5. The van der Waals surface area contributed by atoms with Gasteiger partial charge in [0.1, 0.15) is 0 Å². The van der Waals surface area contributed by atoms with Crippen LogP contribution < -0.4 is 10.6 Å². The van der Waals surface area contributed by atoms with Crippen molar-refractivity contribution in [2.24, 2.45) is 0 Å². The Balaban J connectivity index is 1.77. The number of nitrogens with one attached hydrogen (secondary N) is 2. The smallest absolute Gasteiger partial charge is 0.259 e. The largest absolute Gasteiger partial charge is 0.355 e. The second-order valence-corrected chi connectivity index (χ2v) is 6.80. The summed E-state index contributed by atoms with van der Waals surface area (Å²) in [6.45, 7) is 6.40. The number of benzene rings is 2. The predicted octanol–water partition coefficient (Wildman–Crippen LogP) is 3.47. The zero-order valence-electron chi connectivity index (χ0n) is 16.5. The molecule has 3 aromatic rings. The first-order valence-electron chi connectivity index (χ1n) is 9.12. The lowest BCUT2D eigenvalue weighted by molar-refractivity contribution is 0.0962. The van der Waals surface area contributed by atoms with E-state index >= 15 is 0 Å². The fourth-order valence-corrected chi connectivity index (χ4v) is 3.09. The summed E-state index contributed by atoms with van der Waals surface area (Å²) in [5.41, 5.74) is 5.58. The van der Waals surface area contributed by atoms with E-state index in [9.17, 15) is 9.59 Å². The minimum absolute atomic E-state index is 0.165. The van der Waals surface area contributed by atoms with Crippen LogP contribution in [0, 0.1) is 20.8 Å². The number of anilines is 1. The summed E-state index contributed by atoms with van der Waals surface area (Å²) in [6.07, 6.45) is 0. The first-order chi connectivity index (χ1) is 13.4. The van der Waals surface area contributed by atoms with E-state index in [1.54, 1.807) is 31.3 Å². The SMILES string of the molecule is CNC(=O)c1ccc(NC(=O)c2c(C)nn(Cc3ccc(C)cc3)c2C)cc1. The average Bonchev–Trinajstić information content (AvgIpc) is 2.96. The van der Waals surface area contributed by atoms with Gasteiger partial charge < -0.3 is 10.6 Å². The highest BCUT2D eigenvalue weighted by atomic mass is 16.2. The molecular formula is C22H24N4O2. The highest BCUT2D eigenvalue weighted by Crippen LogP contribution is 2.18. The van der Waals surface area contributed by atoms with Crippen LogP contribution >= 0.6 is 0 Å². The van der Waals surface area contributed by atoms with Gasteiger partial charge in [-0.25, -0.2) is 0 Å². The van der Waals surface area contributed by atoms with E-state index < -0.39 is 0 Å². The van der Waals surface area contributed by atoms with Crippen LogP contribution in [0.1, 0.15) is 43.2 Å². The van der Waals surface area contributed by atoms with E-state index in [0.717, 1.165) is 11.3 Å². The molecule has 1 heterocycles. The Kier molecular flexibility index (Phi) is 5.59. The highest BCUT2D eigenvalue weighted by molar-refractivity contribution is 6.06. The molecule has 0 aliphatic rings. The topological polar surface area (TPSA) is 76.0 Å². The molecule has 0 bridgehead atoms. The second kappa shape index (κ2) is 8.08. The number of amides is 2. The van der Waals surface area contributed by atoms with Gasteiger partial charge in [-0.1, -0.05) is 29.8 Å². The Bertz CT molecular complexity index is 1000. The lowest BCUT2D eigenvalue weighted by Gasteiger charge is -2.08. The van der Waals surface area contributed by atoms with Crippen LogP contribution in [0.5, 0.6) is 0 Å². The molecule has 0 fully saturated rings. The van der Waals surface area contributed by atoms with Gasteiger partial charge in [-0.05, 0) is 50.6 Å². The molecule has 2 aromatic carbocycles. The number of hydrogen-bond acceptors (Lipinski definition) is 3. The molecule has 0 radical (unpaired) electrons. The van der Waals surface area contributed by atoms with E-state index in [1.165, 1.54) is 5.56 Å². The summed E-state index contributed by atoms with van der Waals surface area (Å²) >= 11 is 0. The van der Waals surface area contributed by atoms with Crippen molar-refractivity contribution in [1.82, 2.24) is 15.1 Å². The zero-order chi connectivity index (χ0) is 20.3. The van der Waals surface area contributed by atoms with Crippen molar-refractivity contribution in [2.45, 2.75) is 27.3 Å². The van der Waals surface area contributed by atoms with Gasteiger partial charge in [-0.3, -0.25) is 14.3 Å². The third kappa shape index (κ3) is 4.11. The minimum Gasteiger partial charge on any atom is -0.355 e. The van der Waals surface area contributed by atoms with Gasteiger partial charge in [0.15, 0.2) is 0 Å². The van der Waals surface area contributed by atoms with E-state index in [4.69, 9.17) is 0 Å². The number of nitrogens with zero attached hydrogens (tertiary/aromatic N) is 2. The first kappa shape index (κ1) is 19.4. The first-order valence-corrected chi connectivity index (χ1v) is 9.12. The summed E-state index contributed by atoms with van der Waals surface area (Å²) in [7, 11) is 1.58.